The standard InChI is InChI=1S/C33H36N4O4S/c1-33(2,37-31(39)34-24-18-19-26(40-3)27(21-24)41-25-16-10-11-17-25)30(38)36-32-35-29(23-14-8-5-9-15-23)28(42-32)20-22-12-6-4-7-13-22/h4-9,12-15,18-19,21,25H,10-11,16-17,20H2,1-3H3,(H2,34,37,39)(H,35,36,38). The Morgan fingerprint density at radius 1 is 0.929 bits per heavy atom. The first-order valence-electron chi connectivity index (χ1n) is 14.1. The summed E-state index contributed by atoms with van der Waals surface area (Å²) < 4.78 is 11.6. The third-order valence-corrected chi connectivity index (χ3v) is 8.15. The molecule has 9 heteroatoms. The predicted octanol–water partition coefficient (Wildman–Crippen LogP) is 7.27. The van der Waals surface area contributed by atoms with Crippen LogP contribution >= 0.6 is 11.3 Å². The largest absolute Gasteiger partial charge is 0.493 e. The Balaban J connectivity index is 1.26. The third kappa shape index (κ3) is 7.28. The molecule has 0 unspecified atom stereocenters. The quantitative estimate of drug-likeness (QED) is 0.182. The first-order valence-corrected chi connectivity index (χ1v) is 15.0. The second-order valence-electron chi connectivity index (χ2n) is 10.9. The van der Waals surface area contributed by atoms with Gasteiger partial charge in [-0.15, -0.1) is 11.3 Å². The highest BCUT2D eigenvalue weighted by molar-refractivity contribution is 7.16. The maximum atomic E-state index is 13.3. The summed E-state index contributed by atoms with van der Waals surface area (Å²) in [6.07, 6.45) is 5.14. The van der Waals surface area contributed by atoms with Crippen LogP contribution in [0.3, 0.4) is 0 Å². The number of methoxy groups -OCH3 is 1. The molecule has 218 valence electrons. The van der Waals surface area contributed by atoms with Gasteiger partial charge in [0.25, 0.3) is 5.91 Å². The van der Waals surface area contributed by atoms with Gasteiger partial charge in [0.05, 0.1) is 18.9 Å². The van der Waals surface area contributed by atoms with Gasteiger partial charge in [0, 0.05) is 28.6 Å². The number of benzene rings is 3. The van der Waals surface area contributed by atoms with Crippen molar-refractivity contribution in [2.24, 2.45) is 0 Å². The van der Waals surface area contributed by atoms with E-state index in [1.54, 1.807) is 39.2 Å². The molecular formula is C33H36N4O4S. The van der Waals surface area contributed by atoms with E-state index in [0.29, 0.717) is 28.7 Å². The van der Waals surface area contributed by atoms with Crippen molar-refractivity contribution in [2.45, 2.75) is 57.6 Å². The highest BCUT2D eigenvalue weighted by Gasteiger charge is 2.31. The zero-order valence-electron chi connectivity index (χ0n) is 24.1. The van der Waals surface area contributed by atoms with Crippen LogP contribution in [0.15, 0.2) is 78.9 Å². The molecule has 1 aliphatic carbocycles. The van der Waals surface area contributed by atoms with Crippen LogP contribution in [0.1, 0.15) is 50.0 Å². The lowest BCUT2D eigenvalue weighted by atomic mass is 10.1. The number of aromatic nitrogens is 1. The van der Waals surface area contributed by atoms with Crippen molar-refractivity contribution in [3.8, 4) is 22.8 Å². The summed E-state index contributed by atoms with van der Waals surface area (Å²) in [5.41, 5.74) is 2.28. The van der Waals surface area contributed by atoms with Crippen molar-refractivity contribution in [1.29, 1.82) is 0 Å². The van der Waals surface area contributed by atoms with Gasteiger partial charge in [-0.2, -0.15) is 0 Å². The lowest BCUT2D eigenvalue weighted by Crippen LogP contribution is -2.53. The van der Waals surface area contributed by atoms with Gasteiger partial charge in [0.2, 0.25) is 0 Å². The number of carbonyl (C=O) groups is 2. The minimum absolute atomic E-state index is 0.145. The number of nitrogens with zero attached hydrogens (tertiary/aromatic N) is 1. The lowest BCUT2D eigenvalue weighted by Gasteiger charge is -2.25. The molecule has 1 aromatic heterocycles. The average Bonchev–Trinajstić information content (AvgIpc) is 3.64. The van der Waals surface area contributed by atoms with E-state index in [9.17, 15) is 9.59 Å². The number of hydrogen-bond donors (Lipinski definition) is 3. The van der Waals surface area contributed by atoms with Gasteiger partial charge in [-0.3, -0.25) is 10.1 Å². The van der Waals surface area contributed by atoms with Gasteiger partial charge < -0.3 is 20.1 Å². The second kappa shape index (κ2) is 13.1. The molecule has 42 heavy (non-hydrogen) atoms. The van der Waals surface area contributed by atoms with Crippen molar-refractivity contribution in [3.63, 3.8) is 0 Å². The van der Waals surface area contributed by atoms with Crippen LogP contribution < -0.4 is 25.4 Å². The van der Waals surface area contributed by atoms with E-state index in [2.05, 4.69) is 28.1 Å². The van der Waals surface area contributed by atoms with E-state index in [1.165, 1.54) is 11.3 Å². The predicted molar refractivity (Wildman–Crippen MR) is 168 cm³/mol. The average molecular weight is 585 g/mol. The van der Waals surface area contributed by atoms with E-state index in [-0.39, 0.29) is 12.0 Å². The highest BCUT2D eigenvalue weighted by atomic mass is 32.1. The van der Waals surface area contributed by atoms with E-state index < -0.39 is 11.6 Å². The minimum atomic E-state index is -1.22. The zero-order chi connectivity index (χ0) is 29.5. The molecule has 0 saturated heterocycles. The van der Waals surface area contributed by atoms with Crippen LogP contribution in [-0.2, 0) is 11.2 Å². The summed E-state index contributed by atoms with van der Waals surface area (Å²) in [6, 6.07) is 24.8. The van der Waals surface area contributed by atoms with Gasteiger partial charge in [-0.25, -0.2) is 9.78 Å². The van der Waals surface area contributed by atoms with Crippen molar-refractivity contribution >= 4 is 34.1 Å². The van der Waals surface area contributed by atoms with Crippen LogP contribution in [0.25, 0.3) is 11.3 Å². The smallest absolute Gasteiger partial charge is 0.320 e. The Morgan fingerprint density at radius 2 is 1.62 bits per heavy atom. The first-order chi connectivity index (χ1) is 20.3. The number of urea groups is 1. The van der Waals surface area contributed by atoms with Crippen LogP contribution in [0, 0.1) is 0 Å². The fraction of sp³-hybridized carbons (Fsp3) is 0.303. The molecule has 3 aromatic carbocycles. The highest BCUT2D eigenvalue weighted by Crippen LogP contribution is 2.35. The normalized spacial score (nSPS) is 13.4. The van der Waals surface area contributed by atoms with Crippen molar-refractivity contribution in [1.82, 2.24) is 10.3 Å². The molecule has 5 rings (SSSR count). The van der Waals surface area contributed by atoms with Gasteiger partial charge in [0.15, 0.2) is 16.6 Å². The SMILES string of the molecule is COc1ccc(NC(=O)NC(C)(C)C(=O)Nc2nc(-c3ccccc3)c(Cc3ccccc3)s2)cc1OC1CCCC1. The Bertz CT molecular complexity index is 1520. The summed E-state index contributed by atoms with van der Waals surface area (Å²) in [6.45, 7) is 3.31. The number of amides is 3. The van der Waals surface area contributed by atoms with E-state index in [1.807, 2.05) is 48.5 Å². The van der Waals surface area contributed by atoms with Gasteiger partial charge in [-0.05, 0) is 57.2 Å². The molecule has 1 aliphatic rings. The molecule has 0 spiro atoms. The Morgan fingerprint density at radius 3 is 2.31 bits per heavy atom. The number of hydrogen-bond acceptors (Lipinski definition) is 6. The fourth-order valence-corrected chi connectivity index (χ4v) is 5.93. The molecule has 3 N–H and O–H groups in total. The molecule has 8 nitrogen and oxygen atoms in total. The molecule has 0 aliphatic heterocycles. The number of carbonyl (C=O) groups excluding carboxylic acids is 2. The number of rotatable bonds is 10. The van der Waals surface area contributed by atoms with Crippen molar-refractivity contribution in [2.75, 3.05) is 17.7 Å². The number of nitrogens with one attached hydrogen (secondary N) is 3. The molecule has 1 fully saturated rings. The lowest BCUT2D eigenvalue weighted by molar-refractivity contribution is -0.120. The maximum Gasteiger partial charge on any atom is 0.320 e. The fourth-order valence-electron chi connectivity index (χ4n) is 4.92. The molecular weight excluding hydrogens is 548 g/mol. The van der Waals surface area contributed by atoms with Gasteiger partial charge in [0.1, 0.15) is 5.54 Å². The summed E-state index contributed by atoms with van der Waals surface area (Å²) in [4.78, 5) is 32.1. The van der Waals surface area contributed by atoms with Crippen molar-refractivity contribution in [3.05, 3.63) is 89.3 Å². The molecule has 0 radical (unpaired) electrons. The monoisotopic (exact) mass is 584 g/mol. The van der Waals surface area contributed by atoms with Crippen molar-refractivity contribution < 1.29 is 19.1 Å². The minimum Gasteiger partial charge on any atom is -0.493 e. The maximum absolute atomic E-state index is 13.3. The van der Waals surface area contributed by atoms with E-state index >= 15 is 0 Å². The number of thiazole rings is 1. The summed E-state index contributed by atoms with van der Waals surface area (Å²) in [5, 5.41) is 9.00. The Hall–Kier alpha value is -4.37. The van der Waals surface area contributed by atoms with Gasteiger partial charge in [-0.1, -0.05) is 60.7 Å². The number of anilines is 2. The van der Waals surface area contributed by atoms with Gasteiger partial charge >= 0.3 is 6.03 Å². The summed E-state index contributed by atoms with van der Waals surface area (Å²) in [5.74, 6) is 0.818. The van der Waals surface area contributed by atoms with E-state index in [0.717, 1.165) is 47.4 Å². The zero-order valence-corrected chi connectivity index (χ0v) is 24.9. The molecule has 1 heterocycles. The third-order valence-electron chi connectivity index (χ3n) is 7.18. The molecule has 3 amide bonds. The second-order valence-corrected chi connectivity index (χ2v) is 12.0. The first kappa shape index (κ1) is 29.1. The molecule has 1 saturated carbocycles. The van der Waals surface area contributed by atoms with Crippen LogP contribution in [0.4, 0.5) is 15.6 Å². The Kier molecular flexibility index (Phi) is 9.07. The van der Waals surface area contributed by atoms with Crippen LogP contribution in [0.2, 0.25) is 0 Å². The summed E-state index contributed by atoms with van der Waals surface area (Å²) >= 11 is 1.44. The number of ether oxygens (including phenoxy) is 2. The molecule has 4 aromatic rings. The molecule has 0 bridgehead atoms. The van der Waals surface area contributed by atoms with Crippen LogP contribution in [-0.4, -0.2) is 35.7 Å². The topological polar surface area (TPSA) is 102 Å². The Labute approximate surface area is 250 Å². The summed E-state index contributed by atoms with van der Waals surface area (Å²) in [7, 11) is 1.59. The van der Waals surface area contributed by atoms with Crippen LogP contribution in [0.5, 0.6) is 11.5 Å². The van der Waals surface area contributed by atoms with E-state index in [4.69, 9.17) is 14.5 Å². The molecule has 0 atom stereocenters.